The maximum Gasteiger partial charge on any atom is 0.251 e. The minimum Gasteiger partial charge on any atom is -0.398 e. The van der Waals surface area contributed by atoms with Crippen molar-refractivity contribution >= 4 is 11.6 Å². The van der Waals surface area contributed by atoms with Crippen molar-refractivity contribution in [2.24, 2.45) is 5.41 Å². The molecule has 94 valence electrons. The number of nitrogens with two attached hydrogens (primary N) is 1. The predicted octanol–water partition coefficient (Wildman–Crippen LogP) is 2.49. The lowest BCUT2D eigenvalue weighted by Gasteiger charge is -2.18. The fraction of sp³-hybridized carbons (Fsp3) is 0.462. The molecule has 0 aliphatic rings. The number of anilines is 1. The molecule has 4 heteroatoms. The van der Waals surface area contributed by atoms with Gasteiger partial charge in [0.05, 0.1) is 0 Å². The molecule has 1 amide bonds. The number of hydrogen-bond donors (Lipinski definition) is 2. The number of amides is 1. The molecule has 0 aliphatic heterocycles. The highest BCUT2D eigenvalue weighted by atomic mass is 19.1. The molecule has 0 heterocycles. The van der Waals surface area contributed by atoms with Crippen molar-refractivity contribution in [3.05, 3.63) is 29.1 Å². The van der Waals surface area contributed by atoms with Crippen molar-refractivity contribution in [1.29, 1.82) is 0 Å². The van der Waals surface area contributed by atoms with Crippen LogP contribution in [0.4, 0.5) is 10.1 Å². The van der Waals surface area contributed by atoms with E-state index in [1.54, 1.807) is 6.92 Å². The summed E-state index contributed by atoms with van der Waals surface area (Å²) in [5.74, 6) is -0.753. The molecule has 0 saturated carbocycles. The van der Waals surface area contributed by atoms with Crippen LogP contribution in [0.3, 0.4) is 0 Å². The highest BCUT2D eigenvalue weighted by Crippen LogP contribution is 2.18. The van der Waals surface area contributed by atoms with Crippen molar-refractivity contribution in [1.82, 2.24) is 5.32 Å². The summed E-state index contributed by atoms with van der Waals surface area (Å²) in [5, 5.41) is 2.75. The lowest BCUT2D eigenvalue weighted by molar-refractivity contribution is 0.0939. The molecule has 3 N–H and O–H groups in total. The molecule has 0 aromatic heterocycles. The number of carbonyl (C=O) groups excluding carboxylic acids is 1. The van der Waals surface area contributed by atoms with Gasteiger partial charge in [-0.1, -0.05) is 20.8 Å². The fourth-order valence-corrected chi connectivity index (χ4v) is 1.28. The van der Waals surface area contributed by atoms with E-state index in [0.717, 1.165) is 0 Å². The minimum absolute atomic E-state index is 0.00948. The Bertz CT molecular complexity index is 413. The fourth-order valence-electron chi connectivity index (χ4n) is 1.28. The first-order chi connectivity index (χ1) is 7.70. The van der Waals surface area contributed by atoms with Gasteiger partial charge >= 0.3 is 0 Å². The first kappa shape index (κ1) is 13.5. The van der Waals surface area contributed by atoms with E-state index in [2.05, 4.69) is 5.32 Å². The number of nitrogens with one attached hydrogen (secondary N) is 1. The summed E-state index contributed by atoms with van der Waals surface area (Å²) < 4.78 is 13.4. The number of nitrogen functional groups attached to an aromatic ring is 1. The van der Waals surface area contributed by atoms with Crippen LogP contribution in [0.25, 0.3) is 0 Å². The summed E-state index contributed by atoms with van der Waals surface area (Å²) >= 11 is 0. The zero-order valence-corrected chi connectivity index (χ0v) is 10.7. The topological polar surface area (TPSA) is 55.1 Å². The summed E-state index contributed by atoms with van der Waals surface area (Å²) in [6, 6.07) is 2.71. The van der Waals surface area contributed by atoms with Crippen LogP contribution in [-0.2, 0) is 0 Å². The van der Waals surface area contributed by atoms with Crippen LogP contribution < -0.4 is 11.1 Å². The van der Waals surface area contributed by atoms with Gasteiger partial charge in [-0.05, 0) is 24.5 Å². The Hall–Kier alpha value is -1.58. The van der Waals surface area contributed by atoms with Crippen LogP contribution in [0.1, 0.15) is 36.7 Å². The molecule has 17 heavy (non-hydrogen) atoms. The zero-order chi connectivity index (χ0) is 13.2. The van der Waals surface area contributed by atoms with E-state index in [-0.39, 0.29) is 16.9 Å². The lowest BCUT2D eigenvalue weighted by atomic mass is 9.97. The van der Waals surface area contributed by atoms with Crippen molar-refractivity contribution < 1.29 is 9.18 Å². The van der Waals surface area contributed by atoms with E-state index in [1.807, 2.05) is 20.8 Å². The van der Waals surface area contributed by atoms with Crippen LogP contribution in [0.15, 0.2) is 12.1 Å². The smallest absolute Gasteiger partial charge is 0.251 e. The Kier molecular flexibility index (Phi) is 3.76. The second kappa shape index (κ2) is 4.73. The van der Waals surface area contributed by atoms with E-state index in [1.165, 1.54) is 12.1 Å². The van der Waals surface area contributed by atoms with Crippen molar-refractivity contribution in [3.63, 3.8) is 0 Å². The third-order valence-electron chi connectivity index (χ3n) is 2.43. The second-order valence-corrected chi connectivity index (χ2v) is 5.42. The van der Waals surface area contributed by atoms with Crippen LogP contribution >= 0.6 is 0 Å². The number of benzene rings is 1. The number of hydrogen-bond acceptors (Lipinski definition) is 2. The molecule has 0 spiro atoms. The highest BCUT2D eigenvalue weighted by molar-refractivity contribution is 5.95. The molecule has 0 unspecified atom stereocenters. The van der Waals surface area contributed by atoms with Gasteiger partial charge in [-0.2, -0.15) is 0 Å². The third kappa shape index (κ3) is 3.73. The quantitative estimate of drug-likeness (QED) is 0.778. The zero-order valence-electron chi connectivity index (χ0n) is 10.7. The van der Waals surface area contributed by atoms with Crippen molar-refractivity contribution in [2.45, 2.75) is 27.7 Å². The number of rotatable bonds is 2. The molecule has 0 atom stereocenters. The van der Waals surface area contributed by atoms with Gasteiger partial charge in [0.15, 0.2) is 0 Å². The molecule has 0 bridgehead atoms. The Balaban J connectivity index is 2.84. The summed E-state index contributed by atoms with van der Waals surface area (Å²) in [5.41, 5.74) is 6.54. The molecule has 3 nitrogen and oxygen atoms in total. The standard InChI is InChI=1S/C13H19FN2O/c1-8-10(14)5-9(6-11(8)15)12(17)16-7-13(2,3)4/h5-6H,7,15H2,1-4H3,(H,16,17). The average molecular weight is 238 g/mol. The molecule has 0 fully saturated rings. The average Bonchev–Trinajstić information content (AvgIpc) is 2.20. The molecule has 0 aliphatic carbocycles. The van der Waals surface area contributed by atoms with Crippen LogP contribution in [0.5, 0.6) is 0 Å². The second-order valence-electron chi connectivity index (χ2n) is 5.42. The highest BCUT2D eigenvalue weighted by Gasteiger charge is 2.14. The van der Waals surface area contributed by atoms with E-state index in [9.17, 15) is 9.18 Å². The Morgan fingerprint density at radius 2 is 2.00 bits per heavy atom. The Labute approximate surface area is 101 Å². The van der Waals surface area contributed by atoms with Gasteiger partial charge in [0.2, 0.25) is 0 Å². The number of carbonyl (C=O) groups is 1. The van der Waals surface area contributed by atoms with Crippen molar-refractivity contribution in [2.75, 3.05) is 12.3 Å². The minimum atomic E-state index is -0.453. The summed E-state index contributed by atoms with van der Waals surface area (Å²) in [6.07, 6.45) is 0. The first-order valence-corrected chi connectivity index (χ1v) is 5.54. The number of halogens is 1. The maximum atomic E-state index is 13.4. The van der Waals surface area contributed by atoms with Crippen molar-refractivity contribution in [3.8, 4) is 0 Å². The van der Waals surface area contributed by atoms with Gasteiger partial charge in [0.25, 0.3) is 5.91 Å². The molecular formula is C13H19FN2O. The van der Waals surface area contributed by atoms with Gasteiger partial charge in [-0.25, -0.2) is 4.39 Å². The maximum absolute atomic E-state index is 13.4. The molecule has 0 radical (unpaired) electrons. The summed E-state index contributed by atoms with van der Waals surface area (Å²) in [7, 11) is 0. The normalized spacial score (nSPS) is 11.4. The van der Waals surface area contributed by atoms with Gasteiger partial charge in [0.1, 0.15) is 5.82 Å². The largest absolute Gasteiger partial charge is 0.398 e. The molecule has 1 aromatic carbocycles. The first-order valence-electron chi connectivity index (χ1n) is 5.54. The van der Waals surface area contributed by atoms with Gasteiger partial charge in [-0.3, -0.25) is 4.79 Å². The van der Waals surface area contributed by atoms with E-state index < -0.39 is 5.82 Å². The third-order valence-corrected chi connectivity index (χ3v) is 2.43. The molecule has 1 aromatic rings. The van der Waals surface area contributed by atoms with E-state index in [4.69, 9.17) is 5.73 Å². The predicted molar refractivity (Wildman–Crippen MR) is 67.3 cm³/mol. The Morgan fingerprint density at radius 1 is 1.41 bits per heavy atom. The molecule has 0 saturated heterocycles. The lowest BCUT2D eigenvalue weighted by Crippen LogP contribution is -2.32. The van der Waals surface area contributed by atoms with Crippen LogP contribution in [0, 0.1) is 18.2 Å². The SMILES string of the molecule is Cc1c(N)cc(C(=O)NCC(C)(C)C)cc1F. The van der Waals surface area contributed by atoms with E-state index >= 15 is 0 Å². The van der Waals surface area contributed by atoms with Gasteiger partial charge < -0.3 is 11.1 Å². The molecule has 1 rings (SSSR count). The summed E-state index contributed by atoms with van der Waals surface area (Å²) in [4.78, 5) is 11.8. The molecular weight excluding hydrogens is 219 g/mol. The van der Waals surface area contributed by atoms with Gasteiger partial charge in [-0.15, -0.1) is 0 Å². The summed E-state index contributed by atoms with van der Waals surface area (Å²) in [6.45, 7) is 8.15. The van der Waals surface area contributed by atoms with E-state index in [0.29, 0.717) is 17.8 Å². The Morgan fingerprint density at radius 3 is 2.47 bits per heavy atom. The monoisotopic (exact) mass is 238 g/mol. The van der Waals surface area contributed by atoms with Gasteiger partial charge in [0, 0.05) is 23.4 Å². The van der Waals surface area contributed by atoms with Crippen LogP contribution in [0.2, 0.25) is 0 Å². The van der Waals surface area contributed by atoms with Crippen LogP contribution in [-0.4, -0.2) is 12.5 Å².